The Morgan fingerprint density at radius 2 is 1.80 bits per heavy atom. The SMILES string of the molecule is CC(=O)[C@H]1CC[C@]2(O)[C@@H]3CC=C4C[C@@H](O[C@@H]5O[C@H](CO)[C@@H](O)[C@H](O)[C@H]5O)CC[C@]4(C)[C@H]3CC[C@]12C. The molecule has 0 spiro atoms. The quantitative estimate of drug-likeness (QED) is 0.371. The summed E-state index contributed by atoms with van der Waals surface area (Å²) in [4.78, 5) is 12.4. The van der Waals surface area contributed by atoms with E-state index < -0.39 is 42.9 Å². The van der Waals surface area contributed by atoms with Gasteiger partial charge in [0.1, 0.15) is 30.2 Å². The first-order valence-electron chi connectivity index (χ1n) is 13.3. The van der Waals surface area contributed by atoms with E-state index in [-0.39, 0.29) is 34.6 Å². The van der Waals surface area contributed by atoms with Gasteiger partial charge >= 0.3 is 0 Å². The van der Waals surface area contributed by atoms with Gasteiger partial charge in [0.05, 0.1) is 18.3 Å². The van der Waals surface area contributed by atoms with Crippen molar-refractivity contribution in [2.75, 3.05) is 6.61 Å². The van der Waals surface area contributed by atoms with E-state index in [0.29, 0.717) is 18.8 Å². The Balaban J connectivity index is 1.32. The summed E-state index contributed by atoms with van der Waals surface area (Å²) in [5, 5.41) is 52.0. The van der Waals surface area contributed by atoms with Crippen molar-refractivity contribution in [3.8, 4) is 0 Å². The number of carbonyl (C=O) groups excluding carboxylic acids is 1. The zero-order chi connectivity index (χ0) is 25.3. The van der Waals surface area contributed by atoms with Crippen LogP contribution in [0.25, 0.3) is 0 Å². The standard InChI is InChI=1S/C27H42O8/c1-14(29)17-8-11-27(33)19-5-4-15-12-16(6-9-25(15,2)18(19)7-10-26(17,27)3)34-24-23(32)22(31)21(30)20(13-28)35-24/h4,16-24,28,30-33H,5-13H2,1-3H3/t16-,17+,18-,19+,20+,21+,22-,23+,24+,25-,26+,27-/m0/s1. The lowest BCUT2D eigenvalue weighted by atomic mass is 9.45. The van der Waals surface area contributed by atoms with Gasteiger partial charge in [-0.25, -0.2) is 0 Å². The van der Waals surface area contributed by atoms with Gasteiger partial charge in [0.2, 0.25) is 0 Å². The number of rotatable bonds is 4. The van der Waals surface area contributed by atoms with Crippen LogP contribution in [0.3, 0.4) is 0 Å². The molecule has 1 heterocycles. The number of aliphatic hydroxyl groups is 5. The van der Waals surface area contributed by atoms with E-state index in [0.717, 1.165) is 38.5 Å². The smallest absolute Gasteiger partial charge is 0.186 e. The van der Waals surface area contributed by atoms with Crippen molar-refractivity contribution in [2.24, 2.45) is 28.6 Å². The number of carbonyl (C=O) groups is 1. The maximum absolute atomic E-state index is 12.4. The minimum Gasteiger partial charge on any atom is -0.394 e. The highest BCUT2D eigenvalue weighted by Crippen LogP contribution is 2.68. The number of Topliss-reactive ketones (excluding diaryl/α,β-unsaturated/α-hetero) is 1. The van der Waals surface area contributed by atoms with Gasteiger partial charge in [-0.2, -0.15) is 0 Å². The summed E-state index contributed by atoms with van der Waals surface area (Å²) in [5.41, 5.74) is 0.0863. The van der Waals surface area contributed by atoms with Crippen LogP contribution in [0.5, 0.6) is 0 Å². The molecule has 8 nitrogen and oxygen atoms in total. The predicted octanol–water partition coefficient (Wildman–Crippen LogP) is 1.45. The minimum absolute atomic E-state index is 0.0521. The molecular formula is C27H42O8. The van der Waals surface area contributed by atoms with Gasteiger partial charge in [-0.1, -0.05) is 25.5 Å². The van der Waals surface area contributed by atoms with Crippen LogP contribution in [-0.2, 0) is 14.3 Å². The number of hydrogen-bond donors (Lipinski definition) is 5. The van der Waals surface area contributed by atoms with Crippen LogP contribution < -0.4 is 0 Å². The molecular weight excluding hydrogens is 452 g/mol. The Morgan fingerprint density at radius 3 is 2.49 bits per heavy atom. The van der Waals surface area contributed by atoms with E-state index >= 15 is 0 Å². The topological polar surface area (TPSA) is 137 Å². The second-order valence-electron chi connectivity index (χ2n) is 12.4. The van der Waals surface area contributed by atoms with Crippen molar-refractivity contribution in [2.45, 2.75) is 115 Å². The Labute approximate surface area is 207 Å². The molecule has 0 unspecified atom stereocenters. The monoisotopic (exact) mass is 494 g/mol. The number of allylic oxidation sites excluding steroid dienone is 1. The Hall–Kier alpha value is -0.870. The van der Waals surface area contributed by atoms with Crippen molar-refractivity contribution in [3.63, 3.8) is 0 Å². The molecule has 0 amide bonds. The first kappa shape index (κ1) is 25.8. The fraction of sp³-hybridized carbons (Fsp3) is 0.889. The highest BCUT2D eigenvalue weighted by Gasteiger charge is 2.67. The normalized spacial score (nSPS) is 53.8. The van der Waals surface area contributed by atoms with Crippen molar-refractivity contribution >= 4 is 5.78 Å². The third-order valence-electron chi connectivity index (χ3n) is 10.9. The predicted molar refractivity (Wildman–Crippen MR) is 126 cm³/mol. The van der Waals surface area contributed by atoms with Gasteiger partial charge in [-0.3, -0.25) is 4.79 Å². The van der Waals surface area contributed by atoms with Gasteiger partial charge in [-0.15, -0.1) is 0 Å². The molecule has 35 heavy (non-hydrogen) atoms. The molecule has 5 N–H and O–H groups in total. The number of ether oxygens (including phenoxy) is 2. The fourth-order valence-corrected chi connectivity index (χ4v) is 8.73. The van der Waals surface area contributed by atoms with E-state index in [2.05, 4.69) is 19.9 Å². The van der Waals surface area contributed by atoms with Gasteiger partial charge in [0.25, 0.3) is 0 Å². The average Bonchev–Trinajstić information content (AvgIpc) is 3.11. The van der Waals surface area contributed by atoms with E-state index in [9.17, 15) is 30.3 Å². The second-order valence-corrected chi connectivity index (χ2v) is 12.4. The molecule has 1 saturated heterocycles. The van der Waals surface area contributed by atoms with Crippen molar-refractivity contribution in [1.29, 1.82) is 0 Å². The van der Waals surface area contributed by atoms with Gasteiger partial charge in [0, 0.05) is 11.3 Å². The summed E-state index contributed by atoms with van der Waals surface area (Å²) in [5.74, 6) is 0.627. The molecule has 1 aliphatic heterocycles. The molecule has 4 fully saturated rings. The molecule has 4 aliphatic carbocycles. The summed E-state index contributed by atoms with van der Waals surface area (Å²) in [6.45, 7) is 5.64. The molecule has 198 valence electrons. The first-order chi connectivity index (χ1) is 16.5. The number of ketones is 1. The molecule has 8 heteroatoms. The second kappa shape index (κ2) is 8.86. The van der Waals surface area contributed by atoms with Gasteiger partial charge in [0.15, 0.2) is 6.29 Å². The average molecular weight is 495 g/mol. The van der Waals surface area contributed by atoms with Crippen LogP contribution in [0.4, 0.5) is 0 Å². The third-order valence-corrected chi connectivity index (χ3v) is 10.9. The van der Waals surface area contributed by atoms with E-state index in [1.165, 1.54) is 5.57 Å². The summed E-state index contributed by atoms with van der Waals surface area (Å²) < 4.78 is 11.7. The molecule has 12 atom stereocenters. The molecule has 3 saturated carbocycles. The summed E-state index contributed by atoms with van der Waals surface area (Å²) in [6, 6.07) is 0. The maximum atomic E-state index is 12.4. The number of fused-ring (bicyclic) bond motifs is 5. The Bertz CT molecular complexity index is 873. The molecule has 0 aromatic rings. The van der Waals surface area contributed by atoms with Gasteiger partial charge < -0.3 is 35.0 Å². The maximum Gasteiger partial charge on any atom is 0.186 e. The summed E-state index contributed by atoms with van der Waals surface area (Å²) in [7, 11) is 0. The fourth-order valence-electron chi connectivity index (χ4n) is 8.73. The molecule has 0 radical (unpaired) electrons. The molecule has 5 rings (SSSR count). The number of aliphatic hydroxyl groups excluding tert-OH is 4. The van der Waals surface area contributed by atoms with Crippen LogP contribution in [-0.4, -0.2) is 80.3 Å². The third kappa shape index (κ3) is 3.70. The zero-order valence-corrected chi connectivity index (χ0v) is 21.1. The molecule has 5 aliphatic rings. The molecule has 0 bridgehead atoms. The summed E-state index contributed by atoms with van der Waals surface area (Å²) >= 11 is 0. The molecule has 0 aromatic carbocycles. The lowest BCUT2D eigenvalue weighted by molar-refractivity contribution is -0.313. The van der Waals surface area contributed by atoms with E-state index in [4.69, 9.17) is 9.47 Å². The largest absolute Gasteiger partial charge is 0.394 e. The Kier molecular flexibility index (Phi) is 6.52. The van der Waals surface area contributed by atoms with Gasteiger partial charge in [-0.05, 0) is 75.5 Å². The lowest BCUT2D eigenvalue weighted by Crippen LogP contribution is -2.61. The Morgan fingerprint density at radius 1 is 1.06 bits per heavy atom. The number of hydrogen-bond acceptors (Lipinski definition) is 8. The van der Waals surface area contributed by atoms with E-state index in [1.807, 2.05) is 0 Å². The highest BCUT2D eigenvalue weighted by atomic mass is 16.7. The van der Waals surface area contributed by atoms with Crippen LogP contribution in [0.2, 0.25) is 0 Å². The summed E-state index contributed by atoms with van der Waals surface area (Å²) in [6.07, 6.45) is 2.15. The lowest BCUT2D eigenvalue weighted by Gasteiger charge is -2.61. The van der Waals surface area contributed by atoms with Crippen molar-refractivity contribution < 1.29 is 39.8 Å². The highest BCUT2D eigenvalue weighted by molar-refractivity contribution is 5.80. The van der Waals surface area contributed by atoms with Crippen LogP contribution in [0.15, 0.2) is 11.6 Å². The van der Waals surface area contributed by atoms with Crippen molar-refractivity contribution in [3.05, 3.63) is 11.6 Å². The van der Waals surface area contributed by atoms with Crippen molar-refractivity contribution in [1.82, 2.24) is 0 Å². The molecule has 0 aromatic heterocycles. The van der Waals surface area contributed by atoms with Crippen LogP contribution >= 0.6 is 0 Å². The first-order valence-corrected chi connectivity index (χ1v) is 13.3. The van der Waals surface area contributed by atoms with E-state index in [1.54, 1.807) is 6.92 Å². The van der Waals surface area contributed by atoms with Crippen LogP contribution in [0, 0.1) is 28.6 Å². The zero-order valence-electron chi connectivity index (χ0n) is 21.1. The minimum atomic E-state index is -1.45. The van der Waals surface area contributed by atoms with Crippen LogP contribution in [0.1, 0.15) is 72.1 Å².